The Morgan fingerprint density at radius 2 is 1.63 bits per heavy atom. The fourth-order valence-corrected chi connectivity index (χ4v) is 3.32. The van der Waals surface area contributed by atoms with E-state index in [4.69, 9.17) is 5.11 Å². The molecule has 0 aliphatic heterocycles. The van der Waals surface area contributed by atoms with Crippen molar-refractivity contribution in [3.05, 3.63) is 0 Å². The first kappa shape index (κ1) is 12.8. The molecule has 0 aromatic heterocycles. The van der Waals surface area contributed by atoms with Crippen molar-refractivity contribution in [3.63, 3.8) is 0 Å². The molecule has 3 N–H and O–H groups in total. The van der Waals surface area contributed by atoms with Crippen LogP contribution in [0, 0.1) is 17.8 Å². The first-order chi connectivity index (χ1) is 9.15. The van der Waals surface area contributed by atoms with Crippen LogP contribution in [0.25, 0.3) is 0 Å². The summed E-state index contributed by atoms with van der Waals surface area (Å²) in [6.45, 7) is 0. The van der Waals surface area contributed by atoms with Crippen LogP contribution >= 0.6 is 0 Å². The van der Waals surface area contributed by atoms with Crippen LogP contribution in [0.1, 0.15) is 44.9 Å². The number of nitrogens with one attached hydrogen (secondary N) is 2. The summed E-state index contributed by atoms with van der Waals surface area (Å²) < 4.78 is 0. The highest BCUT2D eigenvalue weighted by Crippen LogP contribution is 2.44. The van der Waals surface area contributed by atoms with Gasteiger partial charge in [0.1, 0.15) is 0 Å². The summed E-state index contributed by atoms with van der Waals surface area (Å²) in [5, 5.41) is 15.1. The van der Waals surface area contributed by atoms with Crippen LogP contribution < -0.4 is 10.6 Å². The van der Waals surface area contributed by atoms with Crippen molar-refractivity contribution in [3.8, 4) is 0 Å². The zero-order chi connectivity index (χ0) is 13.4. The van der Waals surface area contributed by atoms with E-state index in [1.807, 2.05) is 0 Å². The summed E-state index contributed by atoms with van der Waals surface area (Å²) in [6.07, 6.45) is 7.24. The topological polar surface area (TPSA) is 78.4 Å². The summed E-state index contributed by atoms with van der Waals surface area (Å²) in [7, 11) is 0. The molecule has 5 nitrogen and oxygen atoms in total. The van der Waals surface area contributed by atoms with E-state index in [-0.39, 0.29) is 12.1 Å². The lowest BCUT2D eigenvalue weighted by Gasteiger charge is -2.22. The minimum Gasteiger partial charge on any atom is -0.481 e. The third-order valence-electron chi connectivity index (χ3n) is 4.71. The Bertz CT molecular complexity index is 365. The fraction of sp³-hybridized carbons (Fsp3) is 0.857. The van der Waals surface area contributed by atoms with Gasteiger partial charge in [0.25, 0.3) is 0 Å². The van der Waals surface area contributed by atoms with Crippen molar-refractivity contribution in [2.24, 2.45) is 17.8 Å². The predicted octanol–water partition coefficient (Wildman–Crippen LogP) is 1.73. The standard InChI is InChI=1S/C14H22N2O3/c17-13(18)10-2-1-3-11(10)15-14(19)16-12(8-4-5-8)9-6-7-9/h8-12H,1-7H2,(H,17,18)(H2,15,16,19). The molecular formula is C14H22N2O3. The van der Waals surface area contributed by atoms with Crippen molar-refractivity contribution in [1.82, 2.24) is 10.6 Å². The second kappa shape index (κ2) is 5.02. The van der Waals surface area contributed by atoms with Gasteiger partial charge in [0.15, 0.2) is 0 Å². The molecule has 2 unspecified atom stereocenters. The Balaban J connectivity index is 1.51. The Morgan fingerprint density at radius 3 is 2.16 bits per heavy atom. The monoisotopic (exact) mass is 266 g/mol. The fourth-order valence-electron chi connectivity index (χ4n) is 3.32. The lowest BCUT2D eigenvalue weighted by molar-refractivity contribution is -0.142. The molecule has 3 rings (SSSR count). The van der Waals surface area contributed by atoms with Gasteiger partial charge in [-0.05, 0) is 50.4 Å². The van der Waals surface area contributed by atoms with E-state index >= 15 is 0 Å². The lowest BCUT2D eigenvalue weighted by atomic mass is 10.0. The summed E-state index contributed by atoms with van der Waals surface area (Å²) in [4.78, 5) is 23.1. The highest BCUT2D eigenvalue weighted by molar-refractivity contribution is 5.77. The number of amides is 2. The van der Waals surface area contributed by atoms with Crippen LogP contribution in [0.3, 0.4) is 0 Å². The predicted molar refractivity (Wildman–Crippen MR) is 69.7 cm³/mol. The van der Waals surface area contributed by atoms with Gasteiger partial charge in [0.2, 0.25) is 0 Å². The number of hydrogen-bond acceptors (Lipinski definition) is 2. The van der Waals surface area contributed by atoms with Gasteiger partial charge < -0.3 is 15.7 Å². The Hall–Kier alpha value is -1.26. The van der Waals surface area contributed by atoms with Gasteiger partial charge in [-0.2, -0.15) is 0 Å². The molecule has 3 aliphatic carbocycles. The molecule has 2 atom stereocenters. The zero-order valence-electron chi connectivity index (χ0n) is 11.1. The van der Waals surface area contributed by atoms with E-state index in [1.165, 1.54) is 25.7 Å². The first-order valence-electron chi connectivity index (χ1n) is 7.45. The number of carbonyl (C=O) groups excluding carboxylic acids is 1. The lowest BCUT2D eigenvalue weighted by Crippen LogP contribution is -2.49. The number of aliphatic carboxylic acids is 1. The largest absolute Gasteiger partial charge is 0.481 e. The van der Waals surface area contributed by atoms with E-state index in [0.717, 1.165) is 12.8 Å². The molecule has 0 bridgehead atoms. The highest BCUT2D eigenvalue weighted by atomic mass is 16.4. The SMILES string of the molecule is O=C(NC1CCCC1C(=O)O)NC(C1CC1)C1CC1. The minimum absolute atomic E-state index is 0.165. The smallest absolute Gasteiger partial charge is 0.315 e. The molecule has 3 aliphatic rings. The molecule has 0 heterocycles. The van der Waals surface area contributed by atoms with Gasteiger partial charge >= 0.3 is 12.0 Å². The molecule has 3 saturated carbocycles. The highest BCUT2D eigenvalue weighted by Gasteiger charge is 2.42. The van der Waals surface area contributed by atoms with E-state index in [0.29, 0.717) is 24.3 Å². The van der Waals surface area contributed by atoms with Gasteiger partial charge in [-0.25, -0.2) is 4.79 Å². The average molecular weight is 266 g/mol. The third-order valence-corrected chi connectivity index (χ3v) is 4.71. The van der Waals surface area contributed by atoms with Gasteiger partial charge in [-0.3, -0.25) is 4.79 Å². The summed E-state index contributed by atoms with van der Waals surface area (Å²) in [5.41, 5.74) is 0. The minimum atomic E-state index is -0.788. The molecule has 0 radical (unpaired) electrons. The average Bonchev–Trinajstić information content (AvgIpc) is 3.26. The molecule has 3 fully saturated rings. The molecule has 0 aromatic carbocycles. The van der Waals surface area contributed by atoms with E-state index in [1.54, 1.807) is 0 Å². The van der Waals surface area contributed by atoms with Gasteiger partial charge in [0.05, 0.1) is 5.92 Å². The molecule has 106 valence electrons. The molecule has 0 aromatic rings. The zero-order valence-corrected chi connectivity index (χ0v) is 11.1. The number of hydrogen-bond donors (Lipinski definition) is 3. The molecule has 19 heavy (non-hydrogen) atoms. The second-order valence-corrected chi connectivity index (χ2v) is 6.30. The van der Waals surface area contributed by atoms with Crippen LogP contribution in [-0.2, 0) is 4.79 Å². The maximum absolute atomic E-state index is 12.0. The van der Waals surface area contributed by atoms with Gasteiger partial charge in [0, 0.05) is 12.1 Å². The molecule has 5 heteroatoms. The van der Waals surface area contributed by atoms with Crippen molar-refractivity contribution in [1.29, 1.82) is 0 Å². The van der Waals surface area contributed by atoms with Crippen LogP contribution in [0.4, 0.5) is 4.79 Å². The normalized spacial score (nSPS) is 30.4. The summed E-state index contributed by atoms with van der Waals surface area (Å²) >= 11 is 0. The van der Waals surface area contributed by atoms with Crippen LogP contribution in [0.2, 0.25) is 0 Å². The molecule has 0 spiro atoms. The van der Waals surface area contributed by atoms with E-state index in [2.05, 4.69) is 10.6 Å². The van der Waals surface area contributed by atoms with Gasteiger partial charge in [-0.15, -0.1) is 0 Å². The van der Waals surface area contributed by atoms with Crippen LogP contribution in [0.15, 0.2) is 0 Å². The van der Waals surface area contributed by atoms with Crippen LogP contribution in [-0.4, -0.2) is 29.2 Å². The summed E-state index contributed by atoms with van der Waals surface area (Å²) in [5.74, 6) is 0.129. The van der Waals surface area contributed by atoms with Gasteiger partial charge in [-0.1, -0.05) is 6.42 Å². The maximum Gasteiger partial charge on any atom is 0.315 e. The van der Waals surface area contributed by atoms with Crippen molar-refractivity contribution < 1.29 is 14.7 Å². The number of carboxylic acid groups (broad SMARTS) is 1. The van der Waals surface area contributed by atoms with Crippen molar-refractivity contribution in [2.75, 3.05) is 0 Å². The third kappa shape index (κ3) is 3.01. The summed E-state index contributed by atoms with van der Waals surface area (Å²) in [6, 6.07) is -0.0387. The second-order valence-electron chi connectivity index (χ2n) is 6.30. The molecule has 0 saturated heterocycles. The van der Waals surface area contributed by atoms with Crippen molar-refractivity contribution >= 4 is 12.0 Å². The van der Waals surface area contributed by atoms with Crippen molar-refractivity contribution in [2.45, 2.75) is 57.0 Å². The Morgan fingerprint density at radius 1 is 1.00 bits per heavy atom. The Kier molecular flexibility index (Phi) is 3.37. The number of carbonyl (C=O) groups is 2. The number of urea groups is 1. The maximum atomic E-state index is 12.0. The number of rotatable bonds is 5. The number of carboxylic acids is 1. The van der Waals surface area contributed by atoms with E-state index in [9.17, 15) is 9.59 Å². The molecular weight excluding hydrogens is 244 g/mol. The quantitative estimate of drug-likeness (QED) is 0.709. The Labute approximate surface area is 113 Å². The first-order valence-corrected chi connectivity index (χ1v) is 7.45. The molecule has 2 amide bonds. The van der Waals surface area contributed by atoms with E-state index < -0.39 is 11.9 Å². The van der Waals surface area contributed by atoms with Crippen LogP contribution in [0.5, 0.6) is 0 Å².